The fraction of sp³-hybridized carbons (Fsp3) is 0.385. The summed E-state index contributed by atoms with van der Waals surface area (Å²) in [6.07, 6.45) is 0. The molecule has 2 atom stereocenters. The maximum absolute atomic E-state index is 11.6. The van der Waals surface area contributed by atoms with E-state index < -0.39 is 5.97 Å². The first-order valence-corrected chi connectivity index (χ1v) is 6.81. The summed E-state index contributed by atoms with van der Waals surface area (Å²) < 4.78 is 0. The van der Waals surface area contributed by atoms with Gasteiger partial charge in [-0.15, -0.1) is 11.8 Å². The summed E-state index contributed by atoms with van der Waals surface area (Å²) in [5.74, 6) is 0.107. The van der Waals surface area contributed by atoms with E-state index in [2.05, 4.69) is 0 Å². The summed E-state index contributed by atoms with van der Waals surface area (Å²) >= 11 is 1.61. The molecule has 2 rings (SSSR count). The molecule has 0 N–H and O–H groups in total. The minimum Gasteiger partial charge on any atom is -0.337 e. The predicted octanol–water partition coefficient (Wildman–Crippen LogP) is 2.20. The van der Waals surface area contributed by atoms with Crippen LogP contribution in [0.2, 0.25) is 0 Å². The lowest BCUT2D eigenvalue weighted by Gasteiger charge is -2.42. The van der Waals surface area contributed by atoms with E-state index in [0.717, 1.165) is 5.75 Å². The zero-order valence-electron chi connectivity index (χ0n) is 10.3. The van der Waals surface area contributed by atoms with Gasteiger partial charge < -0.3 is 4.84 Å². The highest BCUT2D eigenvalue weighted by Gasteiger charge is 2.47. The molecule has 5 heteroatoms. The lowest BCUT2D eigenvalue weighted by Crippen LogP contribution is -2.58. The first-order chi connectivity index (χ1) is 8.59. The topological polar surface area (TPSA) is 46.6 Å². The molecule has 1 amide bonds. The van der Waals surface area contributed by atoms with Gasteiger partial charge in [-0.1, -0.05) is 37.3 Å². The highest BCUT2D eigenvalue weighted by atomic mass is 32.2. The van der Waals surface area contributed by atoms with Crippen LogP contribution in [0.5, 0.6) is 0 Å². The average molecular weight is 265 g/mol. The molecular formula is C13H15NO3S. The van der Waals surface area contributed by atoms with Crippen LogP contribution in [0.3, 0.4) is 0 Å². The molecule has 0 spiro atoms. The summed E-state index contributed by atoms with van der Waals surface area (Å²) in [6, 6.07) is 10.0. The van der Waals surface area contributed by atoms with E-state index in [1.165, 1.54) is 17.6 Å². The van der Waals surface area contributed by atoms with E-state index in [4.69, 9.17) is 4.84 Å². The molecule has 0 aliphatic carbocycles. The van der Waals surface area contributed by atoms with Crippen molar-refractivity contribution in [1.82, 2.24) is 5.06 Å². The van der Waals surface area contributed by atoms with Crippen molar-refractivity contribution in [3.8, 4) is 0 Å². The molecule has 2 unspecified atom stereocenters. The smallest absolute Gasteiger partial charge is 0.329 e. The van der Waals surface area contributed by atoms with Crippen molar-refractivity contribution < 1.29 is 14.4 Å². The second-order valence-corrected chi connectivity index (χ2v) is 5.33. The predicted molar refractivity (Wildman–Crippen MR) is 69.3 cm³/mol. The minimum atomic E-state index is -0.458. The van der Waals surface area contributed by atoms with Crippen molar-refractivity contribution in [1.29, 1.82) is 0 Å². The lowest BCUT2D eigenvalue weighted by atomic mass is 10.0. The van der Waals surface area contributed by atoms with Gasteiger partial charge in [0, 0.05) is 12.7 Å². The standard InChI is InChI=1S/C13H15NO3S/c1-9-12(16)14(17-10(2)15)13(9)18-8-11-6-4-3-5-7-11/h3-7,9,13H,8H2,1-2H3. The van der Waals surface area contributed by atoms with Crippen molar-refractivity contribution in [2.45, 2.75) is 25.0 Å². The minimum absolute atomic E-state index is 0.0818. The molecule has 1 aromatic carbocycles. The number of hydrogen-bond donors (Lipinski definition) is 0. The highest BCUT2D eigenvalue weighted by Crippen LogP contribution is 2.36. The monoisotopic (exact) mass is 265 g/mol. The van der Waals surface area contributed by atoms with Crippen LogP contribution >= 0.6 is 11.8 Å². The van der Waals surface area contributed by atoms with Crippen LogP contribution in [-0.4, -0.2) is 22.3 Å². The number of nitrogens with zero attached hydrogens (tertiary/aromatic N) is 1. The SMILES string of the molecule is CC(=O)ON1C(=O)C(C)C1SCc1ccccc1. The van der Waals surface area contributed by atoms with Gasteiger partial charge in [0.05, 0.1) is 5.92 Å². The number of β-lactam (4-membered cyclic amide) rings is 1. The maximum Gasteiger partial charge on any atom is 0.329 e. The Labute approximate surface area is 110 Å². The maximum atomic E-state index is 11.6. The third-order valence-electron chi connectivity index (χ3n) is 2.76. The van der Waals surface area contributed by atoms with E-state index in [1.807, 2.05) is 37.3 Å². The number of thioether (sulfide) groups is 1. The molecule has 1 heterocycles. The Bertz CT molecular complexity index is 449. The molecule has 1 fully saturated rings. The van der Waals surface area contributed by atoms with Gasteiger partial charge in [-0.25, -0.2) is 0 Å². The highest BCUT2D eigenvalue weighted by molar-refractivity contribution is 7.99. The van der Waals surface area contributed by atoms with Crippen LogP contribution < -0.4 is 0 Å². The molecule has 0 bridgehead atoms. The van der Waals surface area contributed by atoms with Crippen molar-refractivity contribution >= 4 is 23.6 Å². The van der Waals surface area contributed by atoms with Crippen LogP contribution in [0.25, 0.3) is 0 Å². The van der Waals surface area contributed by atoms with E-state index in [9.17, 15) is 9.59 Å². The molecule has 1 aliphatic rings. The Morgan fingerprint density at radius 1 is 1.39 bits per heavy atom. The van der Waals surface area contributed by atoms with E-state index in [0.29, 0.717) is 0 Å². The first kappa shape index (κ1) is 13.0. The van der Waals surface area contributed by atoms with Crippen LogP contribution in [0.1, 0.15) is 19.4 Å². The van der Waals surface area contributed by atoms with Gasteiger partial charge >= 0.3 is 5.97 Å². The second-order valence-electron chi connectivity index (χ2n) is 4.22. The molecule has 4 nitrogen and oxygen atoms in total. The molecular weight excluding hydrogens is 250 g/mol. The van der Waals surface area contributed by atoms with Gasteiger partial charge in [-0.3, -0.25) is 9.59 Å². The second kappa shape index (κ2) is 5.44. The normalized spacial score (nSPS) is 22.6. The first-order valence-electron chi connectivity index (χ1n) is 5.76. The van der Waals surface area contributed by atoms with Crippen LogP contribution in [-0.2, 0) is 20.2 Å². The van der Waals surface area contributed by atoms with Crippen molar-refractivity contribution in [2.24, 2.45) is 5.92 Å². The third-order valence-corrected chi connectivity index (χ3v) is 4.20. The van der Waals surface area contributed by atoms with Crippen molar-refractivity contribution in [2.75, 3.05) is 0 Å². The number of benzene rings is 1. The summed E-state index contributed by atoms with van der Waals surface area (Å²) in [6.45, 7) is 3.15. The number of hydrogen-bond acceptors (Lipinski definition) is 4. The largest absolute Gasteiger partial charge is 0.337 e. The third kappa shape index (κ3) is 2.67. The zero-order valence-corrected chi connectivity index (χ0v) is 11.1. The summed E-state index contributed by atoms with van der Waals surface area (Å²) in [4.78, 5) is 27.3. The molecule has 0 aromatic heterocycles. The number of rotatable bonds is 4. The van der Waals surface area contributed by atoms with Gasteiger partial charge in [-0.05, 0) is 5.56 Å². The Balaban J connectivity index is 1.92. The number of carbonyl (C=O) groups excluding carboxylic acids is 2. The van der Waals surface area contributed by atoms with Gasteiger partial charge in [0.15, 0.2) is 0 Å². The Hall–Kier alpha value is -1.49. The molecule has 18 heavy (non-hydrogen) atoms. The Morgan fingerprint density at radius 2 is 2.06 bits per heavy atom. The van der Waals surface area contributed by atoms with Crippen molar-refractivity contribution in [3.63, 3.8) is 0 Å². The number of amides is 1. The molecule has 0 saturated carbocycles. The molecule has 0 radical (unpaired) electrons. The molecule has 1 saturated heterocycles. The van der Waals surface area contributed by atoms with Crippen molar-refractivity contribution in [3.05, 3.63) is 35.9 Å². The fourth-order valence-corrected chi connectivity index (χ4v) is 3.02. The molecule has 1 aliphatic heterocycles. The van der Waals surface area contributed by atoms with Crippen LogP contribution in [0.15, 0.2) is 30.3 Å². The number of carbonyl (C=O) groups is 2. The van der Waals surface area contributed by atoms with E-state index in [1.54, 1.807) is 11.8 Å². The Kier molecular flexibility index (Phi) is 3.91. The zero-order chi connectivity index (χ0) is 13.1. The molecule has 1 aromatic rings. The van der Waals surface area contributed by atoms with E-state index >= 15 is 0 Å². The van der Waals surface area contributed by atoms with Gasteiger partial charge in [0.2, 0.25) is 0 Å². The van der Waals surface area contributed by atoms with E-state index in [-0.39, 0.29) is 17.2 Å². The lowest BCUT2D eigenvalue weighted by molar-refractivity contribution is -0.223. The Morgan fingerprint density at radius 3 is 2.67 bits per heavy atom. The quantitative estimate of drug-likeness (QED) is 0.783. The summed E-state index contributed by atoms with van der Waals surface area (Å²) in [7, 11) is 0. The van der Waals surface area contributed by atoms with Gasteiger partial charge in [0.25, 0.3) is 5.91 Å². The summed E-state index contributed by atoms with van der Waals surface area (Å²) in [5, 5.41) is 1.10. The fourth-order valence-electron chi connectivity index (χ4n) is 1.77. The number of hydroxylamine groups is 2. The van der Waals surface area contributed by atoms with Crippen LogP contribution in [0.4, 0.5) is 0 Å². The average Bonchev–Trinajstić information content (AvgIpc) is 2.38. The van der Waals surface area contributed by atoms with Crippen LogP contribution in [0, 0.1) is 5.92 Å². The molecule has 96 valence electrons. The van der Waals surface area contributed by atoms with Gasteiger partial charge in [-0.2, -0.15) is 5.06 Å². The van der Waals surface area contributed by atoms with Gasteiger partial charge in [0.1, 0.15) is 5.37 Å². The summed E-state index contributed by atoms with van der Waals surface area (Å²) in [5.41, 5.74) is 1.19.